The molecule has 1 aliphatic heterocycles. The first-order chi connectivity index (χ1) is 11.1. The van der Waals surface area contributed by atoms with Gasteiger partial charge in [-0.1, -0.05) is 0 Å². The molecule has 2 aromatic heterocycles. The summed E-state index contributed by atoms with van der Waals surface area (Å²) in [4.78, 5) is 22.2. The Morgan fingerprint density at radius 3 is 2.83 bits per heavy atom. The summed E-state index contributed by atoms with van der Waals surface area (Å²) in [5.74, 6) is 0.748. The van der Waals surface area contributed by atoms with Gasteiger partial charge in [-0.25, -0.2) is 9.97 Å². The summed E-state index contributed by atoms with van der Waals surface area (Å²) >= 11 is 3.12. The molecule has 0 unspecified atom stereocenters. The number of nitrogens with zero attached hydrogens (tertiary/aromatic N) is 2. The number of rotatable bonds is 5. The first-order valence-corrected chi connectivity index (χ1v) is 9.72. The van der Waals surface area contributed by atoms with Crippen LogP contribution in [0.3, 0.4) is 0 Å². The van der Waals surface area contributed by atoms with Crippen molar-refractivity contribution in [3.8, 4) is 10.6 Å². The minimum absolute atomic E-state index is 0.0710. The van der Waals surface area contributed by atoms with E-state index in [2.05, 4.69) is 20.6 Å². The Labute approximate surface area is 144 Å². The van der Waals surface area contributed by atoms with Crippen LogP contribution in [-0.2, 0) is 4.79 Å². The van der Waals surface area contributed by atoms with Crippen molar-refractivity contribution in [2.24, 2.45) is 5.92 Å². The Balaban J connectivity index is 1.54. The predicted octanol–water partition coefficient (Wildman–Crippen LogP) is 3.60. The summed E-state index contributed by atoms with van der Waals surface area (Å²) in [6.07, 6.45) is 3.91. The van der Waals surface area contributed by atoms with Crippen molar-refractivity contribution in [1.29, 1.82) is 0 Å². The van der Waals surface area contributed by atoms with Crippen molar-refractivity contribution >= 4 is 33.7 Å². The van der Waals surface area contributed by atoms with E-state index >= 15 is 0 Å². The molecule has 124 valence electrons. The van der Waals surface area contributed by atoms with Crippen molar-refractivity contribution in [2.75, 3.05) is 18.4 Å². The Kier molecular flexibility index (Phi) is 5.40. The largest absolute Gasteiger partial charge is 0.317 e. The number of aryl methyl sites for hydroxylation is 2. The molecule has 0 atom stereocenters. The molecule has 3 heterocycles. The maximum absolute atomic E-state index is 12.1. The predicted molar refractivity (Wildman–Crippen MR) is 96.2 cm³/mol. The van der Waals surface area contributed by atoms with Gasteiger partial charge in [0.1, 0.15) is 0 Å². The lowest BCUT2D eigenvalue weighted by molar-refractivity contribution is -0.116. The molecule has 0 bridgehead atoms. The molecule has 5 nitrogen and oxygen atoms in total. The minimum Gasteiger partial charge on any atom is -0.317 e. The third-order valence-corrected chi connectivity index (χ3v) is 5.98. The number of anilines is 1. The fraction of sp³-hybridized carbons (Fsp3) is 0.562. The van der Waals surface area contributed by atoms with Crippen LogP contribution < -0.4 is 10.6 Å². The van der Waals surface area contributed by atoms with E-state index in [1.165, 1.54) is 24.2 Å². The number of aromatic nitrogens is 2. The van der Waals surface area contributed by atoms with Crippen LogP contribution in [0.25, 0.3) is 10.6 Å². The summed E-state index contributed by atoms with van der Waals surface area (Å²) in [6.45, 7) is 6.15. The van der Waals surface area contributed by atoms with E-state index < -0.39 is 0 Å². The van der Waals surface area contributed by atoms with Crippen LogP contribution in [0.5, 0.6) is 0 Å². The number of amides is 1. The van der Waals surface area contributed by atoms with Crippen LogP contribution in [0.2, 0.25) is 0 Å². The molecule has 7 heteroatoms. The van der Waals surface area contributed by atoms with Gasteiger partial charge < -0.3 is 10.6 Å². The molecule has 1 amide bonds. The average molecular weight is 351 g/mol. The van der Waals surface area contributed by atoms with Crippen molar-refractivity contribution in [3.63, 3.8) is 0 Å². The van der Waals surface area contributed by atoms with Crippen molar-refractivity contribution in [2.45, 2.75) is 39.5 Å². The van der Waals surface area contributed by atoms with Gasteiger partial charge >= 0.3 is 0 Å². The quantitative estimate of drug-likeness (QED) is 0.864. The standard InChI is InChI=1S/C16H22N4OS2/c1-10-15(23-11(2)18-10)13-9-22-16(19-13)20-14(21)4-3-12-5-7-17-8-6-12/h9,12,17H,3-8H2,1-2H3,(H,19,20,21). The molecule has 2 aromatic rings. The van der Waals surface area contributed by atoms with Gasteiger partial charge in [0.25, 0.3) is 0 Å². The van der Waals surface area contributed by atoms with Gasteiger partial charge in [-0.3, -0.25) is 4.79 Å². The first kappa shape index (κ1) is 16.5. The lowest BCUT2D eigenvalue weighted by Gasteiger charge is -2.21. The summed E-state index contributed by atoms with van der Waals surface area (Å²) < 4.78 is 0. The van der Waals surface area contributed by atoms with Crippen molar-refractivity contribution in [3.05, 3.63) is 16.1 Å². The van der Waals surface area contributed by atoms with Crippen LogP contribution in [0.15, 0.2) is 5.38 Å². The number of thiazole rings is 2. The Morgan fingerprint density at radius 2 is 2.13 bits per heavy atom. The fourth-order valence-electron chi connectivity index (χ4n) is 2.89. The monoisotopic (exact) mass is 350 g/mol. The molecule has 1 saturated heterocycles. The lowest BCUT2D eigenvalue weighted by atomic mass is 9.93. The summed E-state index contributed by atoms with van der Waals surface area (Å²) in [5, 5.41) is 10.00. The first-order valence-electron chi connectivity index (χ1n) is 8.02. The Hall–Kier alpha value is -1.31. The van der Waals surface area contributed by atoms with Crippen LogP contribution in [0.1, 0.15) is 36.4 Å². The maximum Gasteiger partial charge on any atom is 0.226 e. The van der Waals surface area contributed by atoms with E-state index in [-0.39, 0.29) is 5.91 Å². The normalized spacial score (nSPS) is 15.7. The van der Waals surface area contributed by atoms with E-state index in [0.717, 1.165) is 40.8 Å². The second kappa shape index (κ2) is 7.51. The van der Waals surface area contributed by atoms with Gasteiger partial charge in [0.15, 0.2) is 5.13 Å². The molecular formula is C16H22N4OS2. The van der Waals surface area contributed by atoms with E-state index in [0.29, 0.717) is 17.5 Å². The van der Waals surface area contributed by atoms with Gasteiger partial charge in [-0.05, 0) is 52.1 Å². The number of nitrogens with one attached hydrogen (secondary N) is 2. The molecule has 0 saturated carbocycles. The smallest absolute Gasteiger partial charge is 0.226 e. The third-order valence-electron chi connectivity index (χ3n) is 4.13. The SMILES string of the molecule is Cc1nc(C)c(-c2csc(NC(=O)CCC3CCNCC3)n2)s1. The van der Waals surface area contributed by atoms with Crippen LogP contribution in [0, 0.1) is 19.8 Å². The van der Waals surface area contributed by atoms with E-state index in [9.17, 15) is 4.79 Å². The van der Waals surface area contributed by atoms with Gasteiger partial charge in [-0.2, -0.15) is 0 Å². The lowest BCUT2D eigenvalue weighted by Crippen LogP contribution is -2.28. The maximum atomic E-state index is 12.1. The van der Waals surface area contributed by atoms with E-state index in [1.54, 1.807) is 11.3 Å². The highest BCUT2D eigenvalue weighted by atomic mass is 32.1. The number of hydrogen-bond donors (Lipinski definition) is 2. The highest BCUT2D eigenvalue weighted by Crippen LogP contribution is 2.32. The number of hydrogen-bond acceptors (Lipinski definition) is 6. The molecule has 0 radical (unpaired) electrons. The van der Waals surface area contributed by atoms with Crippen LogP contribution >= 0.6 is 22.7 Å². The van der Waals surface area contributed by atoms with Crippen LogP contribution in [0.4, 0.5) is 5.13 Å². The second-order valence-corrected chi connectivity index (χ2v) is 8.03. The number of carbonyl (C=O) groups is 1. The van der Waals surface area contributed by atoms with E-state index in [4.69, 9.17) is 0 Å². The van der Waals surface area contributed by atoms with Crippen LogP contribution in [-0.4, -0.2) is 29.0 Å². The molecule has 0 aliphatic carbocycles. The minimum atomic E-state index is 0.0710. The molecule has 3 rings (SSSR count). The summed E-state index contributed by atoms with van der Waals surface area (Å²) in [5.41, 5.74) is 1.91. The molecular weight excluding hydrogens is 328 g/mol. The Bertz CT molecular complexity index is 673. The highest BCUT2D eigenvalue weighted by molar-refractivity contribution is 7.16. The molecule has 23 heavy (non-hydrogen) atoms. The van der Waals surface area contributed by atoms with Gasteiger partial charge in [0.05, 0.1) is 21.3 Å². The molecule has 1 fully saturated rings. The van der Waals surface area contributed by atoms with E-state index in [1.807, 2.05) is 19.2 Å². The molecule has 0 aromatic carbocycles. The fourth-order valence-corrected chi connectivity index (χ4v) is 4.56. The van der Waals surface area contributed by atoms with Gasteiger partial charge in [-0.15, -0.1) is 22.7 Å². The topological polar surface area (TPSA) is 66.9 Å². The number of piperidine rings is 1. The van der Waals surface area contributed by atoms with Crippen molar-refractivity contribution < 1.29 is 4.79 Å². The zero-order valence-electron chi connectivity index (χ0n) is 13.5. The molecule has 2 N–H and O–H groups in total. The third kappa shape index (κ3) is 4.37. The van der Waals surface area contributed by atoms with Gasteiger partial charge in [0, 0.05) is 11.8 Å². The summed E-state index contributed by atoms with van der Waals surface area (Å²) in [6, 6.07) is 0. The second-order valence-electron chi connectivity index (χ2n) is 5.97. The molecule has 1 aliphatic rings. The summed E-state index contributed by atoms with van der Waals surface area (Å²) in [7, 11) is 0. The number of carbonyl (C=O) groups excluding carboxylic acids is 1. The Morgan fingerprint density at radius 1 is 1.35 bits per heavy atom. The zero-order valence-corrected chi connectivity index (χ0v) is 15.1. The average Bonchev–Trinajstić information content (AvgIpc) is 3.12. The molecule has 0 spiro atoms. The van der Waals surface area contributed by atoms with Crippen molar-refractivity contribution in [1.82, 2.24) is 15.3 Å². The zero-order chi connectivity index (χ0) is 16.2. The highest BCUT2D eigenvalue weighted by Gasteiger charge is 2.16. The van der Waals surface area contributed by atoms with Gasteiger partial charge in [0.2, 0.25) is 5.91 Å².